The number of ether oxygens (including phenoxy) is 3. The van der Waals surface area contributed by atoms with Crippen LogP contribution in [0.3, 0.4) is 0 Å². The third-order valence-corrected chi connectivity index (χ3v) is 6.90. The topological polar surface area (TPSA) is 119 Å². The van der Waals surface area contributed by atoms with Crippen molar-refractivity contribution in [1.29, 1.82) is 0 Å². The number of hydrogen-bond donors (Lipinski definition) is 2. The molecule has 2 fully saturated rings. The van der Waals surface area contributed by atoms with Crippen LogP contribution < -0.4 is 0 Å². The minimum atomic E-state index is -1.34. The second-order valence-electron chi connectivity index (χ2n) is 9.97. The van der Waals surface area contributed by atoms with Gasteiger partial charge in [-0.15, -0.1) is 0 Å². The number of hydrogen-bond acceptors (Lipinski definition) is 8. The van der Waals surface area contributed by atoms with Crippen molar-refractivity contribution in [2.45, 2.75) is 116 Å². The summed E-state index contributed by atoms with van der Waals surface area (Å²) >= 11 is 0. The molecule has 1 heterocycles. The number of ketones is 2. The minimum Gasteiger partial charge on any atom is -0.454 e. The van der Waals surface area contributed by atoms with Crippen LogP contribution >= 0.6 is 0 Å². The summed E-state index contributed by atoms with van der Waals surface area (Å²) in [5.74, 6) is -0.402. The standard InChI is InChI=1S/C23H38O8/c1-13(24)8-7-10-23(6)11-9-16(12-17(23)26)22(4,5)31-21-20(30-15(3)25)19(28)18(27)14(2)29-21/h14,16,18-21,27-28H,7-12H2,1-6H3/t14-,16-,18+,19+,20-,21+,23+/m1/s1. The Balaban J connectivity index is 2.06. The van der Waals surface area contributed by atoms with Crippen molar-refractivity contribution >= 4 is 17.5 Å². The Kier molecular flexibility index (Phi) is 8.41. The van der Waals surface area contributed by atoms with Crippen molar-refractivity contribution in [2.24, 2.45) is 11.3 Å². The van der Waals surface area contributed by atoms with Gasteiger partial charge in [0.2, 0.25) is 0 Å². The fourth-order valence-electron chi connectivity index (χ4n) is 4.60. The fraction of sp³-hybridized carbons (Fsp3) is 0.870. The molecule has 0 unspecified atom stereocenters. The van der Waals surface area contributed by atoms with Crippen LogP contribution in [0.25, 0.3) is 0 Å². The monoisotopic (exact) mass is 442 g/mol. The van der Waals surface area contributed by atoms with Gasteiger partial charge in [-0.25, -0.2) is 0 Å². The summed E-state index contributed by atoms with van der Waals surface area (Å²) in [5.41, 5.74) is -1.22. The SMILES string of the molecule is CC(=O)CCC[C@@]1(C)CC[C@@H](C(C)(C)O[C@@H]2O[C@H](C)[C@H](O)[C@H](O)[C@H]2OC(C)=O)CC1=O. The normalized spacial score (nSPS) is 36.8. The van der Waals surface area contributed by atoms with Crippen LogP contribution in [0.4, 0.5) is 0 Å². The highest BCUT2D eigenvalue weighted by atomic mass is 16.7. The van der Waals surface area contributed by atoms with Crippen LogP contribution in [-0.4, -0.2) is 64.1 Å². The molecule has 0 aromatic rings. The first kappa shape index (κ1) is 25.9. The molecule has 31 heavy (non-hydrogen) atoms. The zero-order valence-corrected chi connectivity index (χ0v) is 19.6. The van der Waals surface area contributed by atoms with Crippen molar-refractivity contribution < 1.29 is 38.8 Å². The number of esters is 1. The molecule has 0 radical (unpaired) electrons. The summed E-state index contributed by atoms with van der Waals surface area (Å²) < 4.78 is 17.1. The van der Waals surface area contributed by atoms with Gasteiger partial charge in [0.25, 0.3) is 0 Å². The molecule has 1 aliphatic heterocycles. The maximum absolute atomic E-state index is 13.0. The first-order valence-electron chi connectivity index (χ1n) is 11.2. The molecule has 0 aromatic heterocycles. The average Bonchev–Trinajstić information content (AvgIpc) is 2.64. The summed E-state index contributed by atoms with van der Waals surface area (Å²) in [6, 6.07) is 0. The molecule has 8 nitrogen and oxygen atoms in total. The van der Waals surface area contributed by atoms with Crippen LogP contribution in [0.15, 0.2) is 0 Å². The quantitative estimate of drug-likeness (QED) is 0.550. The molecular weight excluding hydrogens is 404 g/mol. The van der Waals surface area contributed by atoms with Crippen LogP contribution in [0, 0.1) is 11.3 Å². The van der Waals surface area contributed by atoms with Crippen molar-refractivity contribution in [3.63, 3.8) is 0 Å². The van der Waals surface area contributed by atoms with Crippen LogP contribution in [0.2, 0.25) is 0 Å². The van der Waals surface area contributed by atoms with Crippen molar-refractivity contribution in [2.75, 3.05) is 0 Å². The van der Waals surface area contributed by atoms with Gasteiger partial charge in [-0.2, -0.15) is 0 Å². The predicted octanol–water partition coefficient (Wildman–Crippen LogP) is 2.31. The highest BCUT2D eigenvalue weighted by Gasteiger charge is 2.50. The van der Waals surface area contributed by atoms with Gasteiger partial charge in [-0.1, -0.05) is 6.92 Å². The van der Waals surface area contributed by atoms with Crippen LogP contribution in [-0.2, 0) is 28.6 Å². The molecular formula is C23H38O8. The number of carbonyl (C=O) groups excluding carboxylic acids is 3. The summed E-state index contributed by atoms with van der Waals surface area (Å²) in [7, 11) is 0. The zero-order valence-electron chi connectivity index (χ0n) is 19.6. The Labute approximate surface area is 184 Å². The number of aliphatic hydroxyl groups is 2. The van der Waals surface area contributed by atoms with E-state index in [4.69, 9.17) is 14.2 Å². The van der Waals surface area contributed by atoms with E-state index >= 15 is 0 Å². The molecule has 178 valence electrons. The molecule has 0 amide bonds. The first-order chi connectivity index (χ1) is 14.3. The van der Waals surface area contributed by atoms with Crippen LogP contribution in [0.5, 0.6) is 0 Å². The first-order valence-corrected chi connectivity index (χ1v) is 11.2. The summed E-state index contributed by atoms with van der Waals surface area (Å²) in [6.07, 6.45) is -1.78. The molecule has 1 saturated carbocycles. The number of carbonyl (C=O) groups is 3. The van der Waals surface area contributed by atoms with Gasteiger partial charge < -0.3 is 29.2 Å². The van der Waals surface area contributed by atoms with Gasteiger partial charge in [0.15, 0.2) is 12.4 Å². The Morgan fingerprint density at radius 1 is 1.23 bits per heavy atom. The van der Waals surface area contributed by atoms with E-state index in [-0.39, 0.29) is 17.5 Å². The van der Waals surface area contributed by atoms with E-state index < -0.39 is 47.7 Å². The van der Waals surface area contributed by atoms with Crippen molar-refractivity contribution in [1.82, 2.24) is 0 Å². The van der Waals surface area contributed by atoms with Crippen molar-refractivity contribution in [3.05, 3.63) is 0 Å². The van der Waals surface area contributed by atoms with E-state index in [0.717, 1.165) is 6.42 Å². The molecule has 8 heteroatoms. The highest BCUT2D eigenvalue weighted by molar-refractivity contribution is 5.85. The van der Waals surface area contributed by atoms with E-state index in [2.05, 4.69) is 0 Å². The van der Waals surface area contributed by atoms with E-state index in [1.54, 1.807) is 13.8 Å². The second kappa shape index (κ2) is 10.1. The lowest BCUT2D eigenvalue weighted by Crippen LogP contribution is -2.60. The molecule has 7 atom stereocenters. The minimum absolute atomic E-state index is 0.0817. The number of rotatable bonds is 8. The van der Waals surface area contributed by atoms with E-state index in [1.807, 2.05) is 20.8 Å². The van der Waals surface area contributed by atoms with Gasteiger partial charge in [-0.3, -0.25) is 9.59 Å². The Morgan fingerprint density at radius 3 is 2.42 bits per heavy atom. The van der Waals surface area contributed by atoms with Gasteiger partial charge in [0.05, 0.1) is 11.7 Å². The van der Waals surface area contributed by atoms with Gasteiger partial charge in [-0.05, 0) is 59.3 Å². The molecule has 0 spiro atoms. The average molecular weight is 443 g/mol. The number of Topliss-reactive ketones (excluding diaryl/α,β-unsaturated/α-hetero) is 2. The predicted molar refractivity (Wildman–Crippen MR) is 112 cm³/mol. The Morgan fingerprint density at radius 2 is 1.87 bits per heavy atom. The van der Waals surface area contributed by atoms with Gasteiger partial charge >= 0.3 is 5.97 Å². The highest BCUT2D eigenvalue weighted by Crippen LogP contribution is 2.44. The van der Waals surface area contributed by atoms with Crippen molar-refractivity contribution in [3.8, 4) is 0 Å². The fourth-order valence-corrected chi connectivity index (χ4v) is 4.60. The molecule has 1 saturated heterocycles. The lowest BCUT2D eigenvalue weighted by molar-refractivity contribution is -0.324. The van der Waals surface area contributed by atoms with E-state index in [9.17, 15) is 24.6 Å². The molecule has 0 aromatic carbocycles. The smallest absolute Gasteiger partial charge is 0.303 e. The van der Waals surface area contributed by atoms with E-state index in [0.29, 0.717) is 32.1 Å². The largest absolute Gasteiger partial charge is 0.454 e. The van der Waals surface area contributed by atoms with Crippen LogP contribution in [0.1, 0.15) is 80.1 Å². The summed E-state index contributed by atoms with van der Waals surface area (Å²) in [6.45, 7) is 10.1. The van der Waals surface area contributed by atoms with E-state index in [1.165, 1.54) is 6.92 Å². The molecule has 2 aliphatic rings. The molecule has 1 aliphatic carbocycles. The molecule has 2 rings (SSSR count). The number of aliphatic hydroxyl groups excluding tert-OH is 2. The lowest BCUT2D eigenvalue weighted by atomic mass is 9.65. The van der Waals surface area contributed by atoms with Gasteiger partial charge in [0, 0.05) is 25.2 Å². The second-order valence-corrected chi connectivity index (χ2v) is 9.97. The lowest BCUT2D eigenvalue weighted by Gasteiger charge is -2.47. The maximum Gasteiger partial charge on any atom is 0.303 e. The summed E-state index contributed by atoms with van der Waals surface area (Å²) in [4.78, 5) is 35.7. The molecule has 2 N–H and O–H groups in total. The molecule has 0 bridgehead atoms. The Hall–Kier alpha value is -1.35. The Bertz CT molecular complexity index is 674. The zero-order chi connectivity index (χ0) is 23.6. The third kappa shape index (κ3) is 6.34. The third-order valence-electron chi connectivity index (χ3n) is 6.90. The van der Waals surface area contributed by atoms with Gasteiger partial charge in [0.1, 0.15) is 23.8 Å². The maximum atomic E-state index is 13.0. The summed E-state index contributed by atoms with van der Waals surface area (Å²) in [5, 5.41) is 20.5.